The lowest BCUT2D eigenvalue weighted by Gasteiger charge is -2.11. The molecule has 112 valence electrons. The Hall–Kier alpha value is -2.69. The van der Waals surface area contributed by atoms with Crippen molar-refractivity contribution in [3.63, 3.8) is 0 Å². The minimum atomic E-state index is 0.509. The normalized spacial score (nSPS) is 10.9. The summed E-state index contributed by atoms with van der Waals surface area (Å²) >= 11 is 0. The highest BCUT2D eigenvalue weighted by Crippen LogP contribution is 2.31. The van der Waals surface area contributed by atoms with Crippen molar-refractivity contribution in [1.29, 1.82) is 0 Å². The van der Waals surface area contributed by atoms with Gasteiger partial charge < -0.3 is 4.74 Å². The van der Waals surface area contributed by atoms with Crippen molar-refractivity contribution in [2.24, 2.45) is 0 Å². The van der Waals surface area contributed by atoms with Crippen molar-refractivity contribution < 1.29 is 9.53 Å². The van der Waals surface area contributed by atoms with Gasteiger partial charge in [0.15, 0.2) is 6.29 Å². The highest BCUT2D eigenvalue weighted by molar-refractivity contribution is 5.87. The maximum Gasteiger partial charge on any atom is 0.234 e. The molecular formula is C17H17N3O2. The van der Waals surface area contributed by atoms with Crippen LogP contribution in [-0.4, -0.2) is 27.3 Å². The monoisotopic (exact) mass is 295 g/mol. The molecule has 0 unspecified atom stereocenters. The van der Waals surface area contributed by atoms with Gasteiger partial charge in [-0.3, -0.25) is 9.20 Å². The molecule has 0 aliphatic carbocycles. The second-order valence-corrected chi connectivity index (χ2v) is 5.12. The van der Waals surface area contributed by atoms with Crippen LogP contribution in [0, 0.1) is 13.8 Å². The number of hydrogen-bond donors (Lipinski definition) is 0. The number of aldehydes is 1. The van der Waals surface area contributed by atoms with Crippen LogP contribution in [0.4, 0.5) is 0 Å². The molecule has 0 fully saturated rings. The average Bonchev–Trinajstić information content (AvgIpc) is 2.89. The number of imidazole rings is 1. The van der Waals surface area contributed by atoms with E-state index in [1.807, 2.05) is 32.9 Å². The smallest absolute Gasteiger partial charge is 0.234 e. The molecule has 22 heavy (non-hydrogen) atoms. The predicted octanol–water partition coefficient (Wildman–Crippen LogP) is 3.22. The van der Waals surface area contributed by atoms with Gasteiger partial charge in [-0.05, 0) is 50.1 Å². The average molecular weight is 295 g/mol. The minimum absolute atomic E-state index is 0.509. The summed E-state index contributed by atoms with van der Waals surface area (Å²) in [6.07, 6.45) is 4.28. The van der Waals surface area contributed by atoms with Crippen LogP contribution in [-0.2, 0) is 0 Å². The summed E-state index contributed by atoms with van der Waals surface area (Å²) in [5.41, 5.74) is 4.12. The van der Waals surface area contributed by atoms with Crippen molar-refractivity contribution >= 4 is 12.1 Å². The van der Waals surface area contributed by atoms with Crippen molar-refractivity contribution in [3.8, 4) is 17.0 Å². The van der Waals surface area contributed by atoms with Crippen molar-refractivity contribution in [3.05, 3.63) is 47.4 Å². The third-order valence-electron chi connectivity index (χ3n) is 3.63. The van der Waals surface area contributed by atoms with E-state index in [0.29, 0.717) is 23.8 Å². The Labute approximate surface area is 128 Å². The first-order valence-corrected chi connectivity index (χ1v) is 7.18. The molecule has 0 aliphatic rings. The molecule has 0 bridgehead atoms. The maximum absolute atomic E-state index is 11.5. The standard InChI is InChI=1S/C17H17N3O2/c1-4-22-15-9-11(2)13(8-12(15)3)16-14(10-21)20-7-5-6-18-17(20)19-16/h5-10H,4H2,1-3H3. The van der Waals surface area contributed by atoms with Crippen molar-refractivity contribution in [2.45, 2.75) is 20.8 Å². The summed E-state index contributed by atoms with van der Waals surface area (Å²) in [5.74, 6) is 1.38. The van der Waals surface area contributed by atoms with Crippen LogP contribution < -0.4 is 4.74 Å². The molecule has 0 amide bonds. The van der Waals surface area contributed by atoms with E-state index in [0.717, 1.165) is 28.7 Å². The Morgan fingerprint density at radius 2 is 2.09 bits per heavy atom. The Balaban J connectivity index is 2.23. The first-order chi connectivity index (χ1) is 10.7. The zero-order chi connectivity index (χ0) is 15.7. The van der Waals surface area contributed by atoms with Gasteiger partial charge in [0.2, 0.25) is 5.78 Å². The van der Waals surface area contributed by atoms with Crippen LogP contribution in [0.3, 0.4) is 0 Å². The first kappa shape index (κ1) is 14.3. The van der Waals surface area contributed by atoms with Gasteiger partial charge in [-0.25, -0.2) is 9.97 Å². The Morgan fingerprint density at radius 3 is 2.82 bits per heavy atom. The molecule has 0 saturated heterocycles. The first-order valence-electron chi connectivity index (χ1n) is 7.18. The molecule has 0 atom stereocenters. The van der Waals surface area contributed by atoms with E-state index in [4.69, 9.17) is 4.74 Å². The van der Waals surface area contributed by atoms with E-state index in [2.05, 4.69) is 9.97 Å². The molecule has 0 spiro atoms. The van der Waals surface area contributed by atoms with E-state index in [1.165, 1.54) is 0 Å². The van der Waals surface area contributed by atoms with E-state index >= 15 is 0 Å². The summed E-state index contributed by atoms with van der Waals surface area (Å²) in [6.45, 7) is 6.56. The summed E-state index contributed by atoms with van der Waals surface area (Å²) in [4.78, 5) is 20.2. The Morgan fingerprint density at radius 1 is 1.27 bits per heavy atom. The number of fused-ring (bicyclic) bond motifs is 1. The molecular weight excluding hydrogens is 278 g/mol. The number of benzene rings is 1. The number of carbonyl (C=O) groups excluding carboxylic acids is 1. The highest BCUT2D eigenvalue weighted by atomic mass is 16.5. The predicted molar refractivity (Wildman–Crippen MR) is 84.5 cm³/mol. The van der Waals surface area contributed by atoms with E-state index < -0.39 is 0 Å². The minimum Gasteiger partial charge on any atom is -0.494 e. The Kier molecular flexibility index (Phi) is 3.63. The van der Waals surface area contributed by atoms with Gasteiger partial charge in [-0.2, -0.15) is 0 Å². The molecule has 0 radical (unpaired) electrons. The second-order valence-electron chi connectivity index (χ2n) is 5.12. The third kappa shape index (κ3) is 2.24. The fourth-order valence-electron chi connectivity index (χ4n) is 2.57. The number of ether oxygens (including phenoxy) is 1. The van der Waals surface area contributed by atoms with Gasteiger partial charge in [-0.1, -0.05) is 0 Å². The van der Waals surface area contributed by atoms with Gasteiger partial charge in [0, 0.05) is 18.0 Å². The fraction of sp³-hybridized carbons (Fsp3) is 0.235. The molecule has 2 aromatic heterocycles. The van der Waals surface area contributed by atoms with Gasteiger partial charge in [0.05, 0.1) is 6.61 Å². The van der Waals surface area contributed by atoms with E-state index in [9.17, 15) is 4.79 Å². The molecule has 0 saturated carbocycles. The van der Waals surface area contributed by atoms with Gasteiger partial charge in [0.25, 0.3) is 0 Å². The lowest BCUT2D eigenvalue weighted by molar-refractivity contribution is 0.111. The van der Waals surface area contributed by atoms with E-state index in [1.54, 1.807) is 22.9 Å². The summed E-state index contributed by atoms with van der Waals surface area (Å²) in [5, 5.41) is 0. The molecule has 5 nitrogen and oxygen atoms in total. The highest BCUT2D eigenvalue weighted by Gasteiger charge is 2.17. The summed E-state index contributed by atoms with van der Waals surface area (Å²) < 4.78 is 7.32. The van der Waals surface area contributed by atoms with Crippen LogP contribution in [0.25, 0.3) is 17.0 Å². The Bertz CT molecular complexity index is 852. The molecule has 3 aromatic rings. The van der Waals surface area contributed by atoms with Crippen LogP contribution in [0.15, 0.2) is 30.6 Å². The summed E-state index contributed by atoms with van der Waals surface area (Å²) in [7, 11) is 0. The van der Waals surface area contributed by atoms with Crippen LogP contribution in [0.5, 0.6) is 5.75 Å². The van der Waals surface area contributed by atoms with Gasteiger partial charge >= 0.3 is 0 Å². The summed E-state index contributed by atoms with van der Waals surface area (Å²) in [6, 6.07) is 5.77. The quantitative estimate of drug-likeness (QED) is 0.693. The number of rotatable bonds is 4. The van der Waals surface area contributed by atoms with Crippen LogP contribution >= 0.6 is 0 Å². The zero-order valence-electron chi connectivity index (χ0n) is 12.8. The SMILES string of the molecule is CCOc1cc(C)c(-c2nc3ncccn3c2C=O)cc1C. The molecule has 0 N–H and O–H groups in total. The number of aryl methyl sites for hydroxylation is 2. The number of carbonyl (C=O) groups is 1. The second kappa shape index (κ2) is 5.60. The zero-order valence-corrected chi connectivity index (χ0v) is 12.8. The molecule has 2 heterocycles. The number of hydrogen-bond acceptors (Lipinski definition) is 4. The van der Waals surface area contributed by atoms with Crippen molar-refractivity contribution in [1.82, 2.24) is 14.4 Å². The molecule has 3 rings (SSSR count). The molecule has 0 aliphatic heterocycles. The maximum atomic E-state index is 11.5. The van der Waals surface area contributed by atoms with Crippen LogP contribution in [0.2, 0.25) is 0 Å². The number of aromatic nitrogens is 3. The van der Waals surface area contributed by atoms with Crippen molar-refractivity contribution in [2.75, 3.05) is 6.61 Å². The topological polar surface area (TPSA) is 56.5 Å². The molecule has 1 aromatic carbocycles. The fourth-order valence-corrected chi connectivity index (χ4v) is 2.57. The largest absolute Gasteiger partial charge is 0.494 e. The van der Waals surface area contributed by atoms with Gasteiger partial charge in [-0.15, -0.1) is 0 Å². The van der Waals surface area contributed by atoms with Crippen LogP contribution in [0.1, 0.15) is 28.5 Å². The lowest BCUT2D eigenvalue weighted by Crippen LogP contribution is -1.97. The number of nitrogens with zero attached hydrogens (tertiary/aromatic N) is 3. The van der Waals surface area contributed by atoms with E-state index in [-0.39, 0.29) is 0 Å². The lowest BCUT2D eigenvalue weighted by atomic mass is 10.0. The molecule has 5 heteroatoms. The third-order valence-corrected chi connectivity index (χ3v) is 3.63. The van der Waals surface area contributed by atoms with Gasteiger partial charge in [0.1, 0.15) is 17.1 Å².